The maximum Gasteiger partial charge on any atom is 0.170 e. The van der Waals surface area contributed by atoms with E-state index in [4.69, 9.17) is 10.5 Å². The Labute approximate surface area is 102 Å². The minimum absolute atomic E-state index is 0.00236. The maximum atomic E-state index is 13.4. The molecule has 2 N–H and O–H groups in total. The molecule has 0 radical (unpaired) electrons. The minimum Gasteiger partial charge on any atom is -0.482 e. The fraction of sp³-hybridized carbons (Fsp3) is 0.273. The SMILES string of the molecule is Cc1nnc(COc2cc(F)c(N)cc2F)n1C. The van der Waals surface area contributed by atoms with Gasteiger partial charge in [0.25, 0.3) is 0 Å². The quantitative estimate of drug-likeness (QED) is 0.844. The number of hydrogen-bond acceptors (Lipinski definition) is 4. The van der Waals surface area contributed by atoms with Crippen LogP contribution in [0.25, 0.3) is 0 Å². The van der Waals surface area contributed by atoms with E-state index in [1.807, 2.05) is 0 Å². The monoisotopic (exact) mass is 254 g/mol. The molecule has 1 aromatic carbocycles. The molecule has 5 nitrogen and oxygen atoms in total. The van der Waals surface area contributed by atoms with Crippen LogP contribution in [0.5, 0.6) is 5.75 Å². The first-order valence-electron chi connectivity index (χ1n) is 5.21. The fourth-order valence-corrected chi connectivity index (χ4v) is 1.37. The molecule has 96 valence electrons. The van der Waals surface area contributed by atoms with Gasteiger partial charge in [-0.1, -0.05) is 0 Å². The lowest BCUT2D eigenvalue weighted by Crippen LogP contribution is -2.06. The van der Waals surface area contributed by atoms with Crippen molar-refractivity contribution in [3.63, 3.8) is 0 Å². The number of nitrogens with zero attached hydrogens (tertiary/aromatic N) is 3. The van der Waals surface area contributed by atoms with Gasteiger partial charge in [0.2, 0.25) is 0 Å². The van der Waals surface area contributed by atoms with Crippen LogP contribution in [0.3, 0.4) is 0 Å². The van der Waals surface area contributed by atoms with Crippen LogP contribution in [0.15, 0.2) is 12.1 Å². The molecule has 2 aromatic rings. The van der Waals surface area contributed by atoms with E-state index < -0.39 is 11.6 Å². The van der Waals surface area contributed by atoms with Crippen molar-refractivity contribution in [2.45, 2.75) is 13.5 Å². The summed E-state index contributed by atoms with van der Waals surface area (Å²) in [5.41, 5.74) is 4.97. The smallest absolute Gasteiger partial charge is 0.170 e. The molecule has 2 rings (SSSR count). The third kappa shape index (κ3) is 2.24. The summed E-state index contributed by atoms with van der Waals surface area (Å²) in [5.74, 6) is -0.419. The van der Waals surface area contributed by atoms with Crippen molar-refractivity contribution in [1.29, 1.82) is 0 Å². The summed E-state index contributed by atoms with van der Waals surface area (Å²) in [6.07, 6.45) is 0. The van der Waals surface area contributed by atoms with Crippen molar-refractivity contribution >= 4 is 5.69 Å². The highest BCUT2D eigenvalue weighted by Gasteiger charge is 2.11. The van der Waals surface area contributed by atoms with Gasteiger partial charge in [0.1, 0.15) is 18.2 Å². The Bertz CT molecular complexity index is 583. The number of hydrogen-bond donors (Lipinski definition) is 1. The predicted octanol–water partition coefficient (Wildman–Crippen LogP) is 1.56. The average molecular weight is 254 g/mol. The molecule has 18 heavy (non-hydrogen) atoms. The first kappa shape index (κ1) is 12.3. The Morgan fingerprint density at radius 2 is 2.00 bits per heavy atom. The second-order valence-corrected chi connectivity index (χ2v) is 3.82. The van der Waals surface area contributed by atoms with Crippen LogP contribution in [0, 0.1) is 18.6 Å². The van der Waals surface area contributed by atoms with Crippen LogP contribution in [-0.2, 0) is 13.7 Å². The van der Waals surface area contributed by atoms with Gasteiger partial charge in [-0.25, -0.2) is 8.78 Å². The molecule has 1 heterocycles. The largest absolute Gasteiger partial charge is 0.482 e. The maximum absolute atomic E-state index is 13.4. The fourth-order valence-electron chi connectivity index (χ4n) is 1.37. The summed E-state index contributed by atoms with van der Waals surface area (Å²) >= 11 is 0. The summed E-state index contributed by atoms with van der Waals surface area (Å²) in [4.78, 5) is 0. The van der Waals surface area contributed by atoms with Gasteiger partial charge in [-0.15, -0.1) is 10.2 Å². The van der Waals surface area contributed by atoms with Gasteiger partial charge in [-0.2, -0.15) is 0 Å². The van der Waals surface area contributed by atoms with E-state index in [1.165, 1.54) is 0 Å². The Hall–Kier alpha value is -2.18. The lowest BCUT2D eigenvalue weighted by molar-refractivity contribution is 0.275. The Balaban J connectivity index is 2.16. The number of aromatic nitrogens is 3. The van der Waals surface area contributed by atoms with Gasteiger partial charge in [-0.3, -0.25) is 0 Å². The highest BCUT2D eigenvalue weighted by Crippen LogP contribution is 2.23. The first-order chi connectivity index (χ1) is 8.49. The second-order valence-electron chi connectivity index (χ2n) is 3.82. The third-order valence-electron chi connectivity index (χ3n) is 2.59. The van der Waals surface area contributed by atoms with Crippen LogP contribution >= 0.6 is 0 Å². The van der Waals surface area contributed by atoms with Crippen molar-refractivity contribution in [3.05, 3.63) is 35.4 Å². The van der Waals surface area contributed by atoms with Gasteiger partial charge >= 0.3 is 0 Å². The lowest BCUT2D eigenvalue weighted by Gasteiger charge is -2.08. The molecule has 0 aliphatic heterocycles. The molecule has 0 saturated carbocycles. The molecule has 0 atom stereocenters. The molecule has 0 spiro atoms. The van der Waals surface area contributed by atoms with Crippen molar-refractivity contribution in [2.24, 2.45) is 7.05 Å². The summed E-state index contributed by atoms with van der Waals surface area (Å²) in [6, 6.07) is 1.79. The molecule has 0 unspecified atom stereocenters. The standard InChI is InChI=1S/C11H12F2N4O/c1-6-15-16-11(17(6)2)5-18-10-4-7(12)9(14)3-8(10)13/h3-4H,5,14H2,1-2H3. The normalized spacial score (nSPS) is 10.7. The van der Waals surface area contributed by atoms with E-state index in [2.05, 4.69) is 10.2 Å². The van der Waals surface area contributed by atoms with Gasteiger partial charge in [0, 0.05) is 19.2 Å². The summed E-state index contributed by atoms with van der Waals surface area (Å²) in [6.45, 7) is 1.78. The van der Waals surface area contributed by atoms with Gasteiger partial charge < -0.3 is 15.0 Å². The number of halogens is 2. The summed E-state index contributed by atoms with van der Waals surface area (Å²) in [7, 11) is 1.76. The Morgan fingerprint density at radius 1 is 1.28 bits per heavy atom. The number of nitrogen functional groups attached to an aromatic ring is 1. The van der Waals surface area contributed by atoms with Crippen LogP contribution in [0.4, 0.5) is 14.5 Å². The first-order valence-corrected chi connectivity index (χ1v) is 5.21. The summed E-state index contributed by atoms with van der Waals surface area (Å²) < 4.78 is 33.4. The van der Waals surface area contributed by atoms with Crippen LogP contribution in [0.2, 0.25) is 0 Å². The van der Waals surface area contributed by atoms with E-state index in [0.29, 0.717) is 11.6 Å². The van der Waals surface area contributed by atoms with E-state index >= 15 is 0 Å². The summed E-state index contributed by atoms with van der Waals surface area (Å²) in [5, 5.41) is 7.67. The number of rotatable bonds is 3. The zero-order valence-electron chi connectivity index (χ0n) is 9.94. The molecule has 7 heteroatoms. The second kappa shape index (κ2) is 4.59. The van der Waals surface area contributed by atoms with E-state index in [1.54, 1.807) is 18.5 Å². The molecule has 0 aliphatic rings. The van der Waals surface area contributed by atoms with E-state index in [0.717, 1.165) is 12.1 Å². The van der Waals surface area contributed by atoms with E-state index in [-0.39, 0.29) is 18.0 Å². The van der Waals surface area contributed by atoms with Crippen molar-refractivity contribution in [3.8, 4) is 5.75 Å². The molecule has 0 saturated heterocycles. The third-order valence-corrected chi connectivity index (χ3v) is 2.59. The Kier molecular flexibility index (Phi) is 3.14. The topological polar surface area (TPSA) is 66.0 Å². The van der Waals surface area contributed by atoms with Crippen LogP contribution < -0.4 is 10.5 Å². The predicted molar refractivity (Wildman–Crippen MR) is 60.8 cm³/mol. The van der Waals surface area contributed by atoms with Gasteiger partial charge in [-0.05, 0) is 6.92 Å². The van der Waals surface area contributed by atoms with Crippen molar-refractivity contribution < 1.29 is 13.5 Å². The van der Waals surface area contributed by atoms with Gasteiger partial charge in [0.15, 0.2) is 17.4 Å². The molecule has 0 bridgehead atoms. The molecule has 0 amide bonds. The number of anilines is 1. The van der Waals surface area contributed by atoms with Crippen molar-refractivity contribution in [1.82, 2.24) is 14.8 Å². The van der Waals surface area contributed by atoms with Crippen molar-refractivity contribution in [2.75, 3.05) is 5.73 Å². The highest BCUT2D eigenvalue weighted by atomic mass is 19.1. The van der Waals surface area contributed by atoms with Crippen LogP contribution in [0.1, 0.15) is 11.6 Å². The van der Waals surface area contributed by atoms with Crippen LogP contribution in [-0.4, -0.2) is 14.8 Å². The minimum atomic E-state index is -0.722. The van der Waals surface area contributed by atoms with E-state index in [9.17, 15) is 8.78 Å². The molecule has 0 fully saturated rings. The number of nitrogens with two attached hydrogens (primary N) is 1. The Morgan fingerprint density at radius 3 is 2.61 bits per heavy atom. The van der Waals surface area contributed by atoms with Gasteiger partial charge in [0.05, 0.1) is 5.69 Å². The molecular weight excluding hydrogens is 242 g/mol. The zero-order chi connectivity index (χ0) is 13.3. The highest BCUT2D eigenvalue weighted by molar-refractivity contribution is 5.44. The number of benzene rings is 1. The zero-order valence-corrected chi connectivity index (χ0v) is 9.94. The molecular formula is C11H12F2N4O. The average Bonchev–Trinajstić information content (AvgIpc) is 2.63. The number of aryl methyl sites for hydroxylation is 1. The molecule has 1 aromatic heterocycles. The number of ether oxygens (including phenoxy) is 1. The lowest BCUT2D eigenvalue weighted by atomic mass is 10.3. The molecule has 0 aliphatic carbocycles.